The number of rotatable bonds is 8. The van der Waals surface area contributed by atoms with Gasteiger partial charge in [-0.1, -0.05) is 42.0 Å². The van der Waals surface area contributed by atoms with Crippen LogP contribution in [-0.2, 0) is 27.2 Å². The van der Waals surface area contributed by atoms with Crippen LogP contribution in [0.3, 0.4) is 0 Å². The molecule has 7 heteroatoms. The van der Waals surface area contributed by atoms with Gasteiger partial charge in [0, 0.05) is 19.8 Å². The lowest BCUT2D eigenvalue weighted by Crippen LogP contribution is -2.52. The Morgan fingerprint density at radius 2 is 1.61 bits per heavy atom. The second kappa shape index (κ2) is 9.64. The third-order valence-electron chi connectivity index (χ3n) is 4.18. The van der Waals surface area contributed by atoms with E-state index >= 15 is 0 Å². The largest absolute Gasteiger partial charge is 0.480 e. The summed E-state index contributed by atoms with van der Waals surface area (Å²) in [6, 6.07) is 10.8. The van der Waals surface area contributed by atoms with E-state index in [1.165, 1.54) is 31.2 Å². The minimum Gasteiger partial charge on any atom is -0.480 e. The number of carbonyl (C=O) groups is 3. The smallest absolute Gasteiger partial charge is 0.326 e. The molecule has 2 atom stereocenters. The third-order valence-corrected chi connectivity index (χ3v) is 4.18. The van der Waals surface area contributed by atoms with Gasteiger partial charge in [-0.15, -0.1) is 0 Å². The first kappa shape index (κ1) is 21.1. The topological polar surface area (TPSA) is 95.5 Å². The molecular formula is C21H23FN2O4. The van der Waals surface area contributed by atoms with Crippen molar-refractivity contribution in [3.63, 3.8) is 0 Å². The Bertz CT molecular complexity index is 852. The van der Waals surface area contributed by atoms with Crippen molar-refractivity contribution in [1.82, 2.24) is 10.6 Å². The van der Waals surface area contributed by atoms with Gasteiger partial charge in [-0.3, -0.25) is 9.59 Å². The van der Waals surface area contributed by atoms with E-state index in [9.17, 15) is 23.9 Å². The van der Waals surface area contributed by atoms with Crippen LogP contribution in [0, 0.1) is 12.7 Å². The summed E-state index contributed by atoms with van der Waals surface area (Å²) < 4.78 is 13.1. The summed E-state index contributed by atoms with van der Waals surface area (Å²) in [6.07, 6.45) is 0.231. The van der Waals surface area contributed by atoms with Gasteiger partial charge in [0.05, 0.1) is 0 Å². The minimum atomic E-state index is -1.17. The maximum atomic E-state index is 13.1. The van der Waals surface area contributed by atoms with Gasteiger partial charge in [-0.2, -0.15) is 0 Å². The molecule has 0 aromatic heterocycles. The monoisotopic (exact) mass is 386 g/mol. The summed E-state index contributed by atoms with van der Waals surface area (Å²) >= 11 is 0. The van der Waals surface area contributed by atoms with Crippen LogP contribution in [0.4, 0.5) is 4.39 Å². The van der Waals surface area contributed by atoms with Gasteiger partial charge in [-0.25, -0.2) is 9.18 Å². The number of aliphatic carboxylic acids is 1. The number of amides is 2. The second-order valence-corrected chi connectivity index (χ2v) is 6.68. The molecule has 0 fully saturated rings. The van der Waals surface area contributed by atoms with E-state index in [1.807, 2.05) is 25.1 Å². The highest BCUT2D eigenvalue weighted by Crippen LogP contribution is 2.09. The first-order valence-corrected chi connectivity index (χ1v) is 8.85. The fourth-order valence-electron chi connectivity index (χ4n) is 2.86. The minimum absolute atomic E-state index is 0.114. The van der Waals surface area contributed by atoms with E-state index in [0.29, 0.717) is 5.56 Å². The Balaban J connectivity index is 2.12. The van der Waals surface area contributed by atoms with E-state index < -0.39 is 35.7 Å². The van der Waals surface area contributed by atoms with Crippen molar-refractivity contribution in [3.8, 4) is 0 Å². The molecule has 3 N–H and O–H groups in total. The Hall–Kier alpha value is -3.22. The number of carboxylic acid groups (broad SMARTS) is 1. The molecule has 0 aliphatic carbocycles. The average Bonchev–Trinajstić information content (AvgIpc) is 2.62. The molecule has 0 saturated carbocycles. The summed E-state index contributed by atoms with van der Waals surface area (Å²) in [5.41, 5.74) is 2.41. The normalized spacial score (nSPS) is 12.7. The van der Waals surface area contributed by atoms with Gasteiger partial charge in [0.1, 0.15) is 17.9 Å². The molecule has 0 unspecified atom stereocenters. The summed E-state index contributed by atoms with van der Waals surface area (Å²) in [5.74, 6) is -2.61. The van der Waals surface area contributed by atoms with Gasteiger partial charge in [0.2, 0.25) is 11.8 Å². The molecule has 0 bridgehead atoms. The first-order chi connectivity index (χ1) is 13.2. The van der Waals surface area contributed by atoms with Crippen LogP contribution in [0.1, 0.15) is 23.6 Å². The van der Waals surface area contributed by atoms with E-state index in [-0.39, 0.29) is 12.8 Å². The average molecular weight is 386 g/mol. The standard InChI is InChI=1S/C21H23FN2O4/c1-13-4-3-5-16(10-13)12-19(21(27)28)24-20(26)18(23-14(2)25)11-15-6-8-17(22)9-7-15/h3-10,18-19H,11-12H2,1-2H3,(H,23,25)(H,24,26)(H,27,28)/t18-,19-/m0/s1. The number of carboxylic acids is 1. The summed E-state index contributed by atoms with van der Waals surface area (Å²) in [5, 5.41) is 14.5. The van der Waals surface area contributed by atoms with Crippen molar-refractivity contribution in [2.45, 2.75) is 38.8 Å². The van der Waals surface area contributed by atoms with Crippen molar-refractivity contribution in [1.29, 1.82) is 0 Å². The molecule has 0 heterocycles. The molecule has 0 spiro atoms. The quantitative estimate of drug-likeness (QED) is 0.647. The maximum Gasteiger partial charge on any atom is 0.326 e. The molecule has 0 aliphatic rings. The number of hydrogen-bond donors (Lipinski definition) is 3. The van der Waals surface area contributed by atoms with Crippen LogP contribution in [0.5, 0.6) is 0 Å². The molecule has 6 nitrogen and oxygen atoms in total. The van der Waals surface area contributed by atoms with Crippen LogP contribution >= 0.6 is 0 Å². The van der Waals surface area contributed by atoms with Gasteiger partial charge >= 0.3 is 5.97 Å². The van der Waals surface area contributed by atoms with E-state index in [0.717, 1.165) is 11.1 Å². The summed E-state index contributed by atoms with van der Waals surface area (Å²) in [6.45, 7) is 3.17. The molecule has 148 valence electrons. The van der Waals surface area contributed by atoms with E-state index in [4.69, 9.17) is 0 Å². The molecular weight excluding hydrogens is 363 g/mol. The fraction of sp³-hybridized carbons (Fsp3) is 0.286. The van der Waals surface area contributed by atoms with E-state index in [2.05, 4.69) is 10.6 Å². The van der Waals surface area contributed by atoms with Crippen molar-refractivity contribution < 1.29 is 23.9 Å². The van der Waals surface area contributed by atoms with Gasteiger partial charge in [0.15, 0.2) is 0 Å². The SMILES string of the molecule is CC(=O)N[C@@H](Cc1ccc(F)cc1)C(=O)N[C@@H](Cc1cccc(C)c1)C(=O)O. The van der Waals surface area contributed by atoms with Crippen LogP contribution in [0.2, 0.25) is 0 Å². The Morgan fingerprint density at radius 3 is 2.18 bits per heavy atom. The Morgan fingerprint density at radius 1 is 0.964 bits per heavy atom. The lowest BCUT2D eigenvalue weighted by Gasteiger charge is -2.21. The van der Waals surface area contributed by atoms with Crippen LogP contribution in [-0.4, -0.2) is 35.0 Å². The molecule has 0 radical (unpaired) electrons. The number of carbonyl (C=O) groups excluding carboxylic acids is 2. The first-order valence-electron chi connectivity index (χ1n) is 8.85. The molecule has 0 aliphatic heterocycles. The zero-order chi connectivity index (χ0) is 20.7. The zero-order valence-electron chi connectivity index (χ0n) is 15.7. The van der Waals surface area contributed by atoms with Crippen molar-refractivity contribution in [2.24, 2.45) is 0 Å². The predicted octanol–water partition coefficient (Wildman–Crippen LogP) is 1.99. The summed E-state index contributed by atoms with van der Waals surface area (Å²) in [7, 11) is 0. The van der Waals surface area contributed by atoms with Crippen molar-refractivity contribution >= 4 is 17.8 Å². The number of hydrogen-bond acceptors (Lipinski definition) is 3. The highest BCUT2D eigenvalue weighted by Gasteiger charge is 2.26. The molecule has 28 heavy (non-hydrogen) atoms. The molecule has 0 saturated heterocycles. The number of benzene rings is 2. The Kier molecular flexibility index (Phi) is 7.26. The fourth-order valence-corrected chi connectivity index (χ4v) is 2.86. The van der Waals surface area contributed by atoms with Gasteiger partial charge < -0.3 is 15.7 Å². The maximum absolute atomic E-state index is 13.1. The highest BCUT2D eigenvalue weighted by atomic mass is 19.1. The lowest BCUT2D eigenvalue weighted by molar-refractivity contribution is -0.142. The predicted molar refractivity (Wildman–Crippen MR) is 102 cm³/mol. The molecule has 2 rings (SSSR count). The van der Waals surface area contributed by atoms with Gasteiger partial charge in [0.25, 0.3) is 0 Å². The lowest BCUT2D eigenvalue weighted by atomic mass is 10.0. The summed E-state index contributed by atoms with van der Waals surface area (Å²) in [4.78, 5) is 35.8. The van der Waals surface area contributed by atoms with Crippen molar-refractivity contribution in [2.75, 3.05) is 0 Å². The molecule has 2 amide bonds. The zero-order valence-corrected chi connectivity index (χ0v) is 15.7. The van der Waals surface area contributed by atoms with Crippen LogP contribution in [0.25, 0.3) is 0 Å². The third kappa shape index (κ3) is 6.50. The Labute approximate surface area is 162 Å². The molecule has 2 aromatic rings. The van der Waals surface area contributed by atoms with Crippen LogP contribution in [0.15, 0.2) is 48.5 Å². The number of nitrogens with one attached hydrogen (secondary N) is 2. The van der Waals surface area contributed by atoms with Crippen molar-refractivity contribution in [3.05, 3.63) is 71.0 Å². The molecule has 2 aromatic carbocycles. The number of halogens is 1. The highest BCUT2D eigenvalue weighted by molar-refractivity contribution is 5.90. The van der Waals surface area contributed by atoms with E-state index in [1.54, 1.807) is 6.07 Å². The number of aryl methyl sites for hydroxylation is 1. The van der Waals surface area contributed by atoms with Crippen LogP contribution < -0.4 is 10.6 Å². The second-order valence-electron chi connectivity index (χ2n) is 6.68. The van der Waals surface area contributed by atoms with Gasteiger partial charge in [-0.05, 0) is 30.2 Å².